The molecule has 0 amide bonds. The zero-order valence-corrected chi connectivity index (χ0v) is 6.90. The van der Waals surface area contributed by atoms with Gasteiger partial charge in [-0.3, -0.25) is 0 Å². The van der Waals surface area contributed by atoms with E-state index in [0.29, 0.717) is 11.0 Å². The van der Waals surface area contributed by atoms with Crippen molar-refractivity contribution in [3.63, 3.8) is 0 Å². The van der Waals surface area contributed by atoms with Crippen molar-refractivity contribution in [3.05, 3.63) is 23.8 Å². The van der Waals surface area contributed by atoms with Crippen LogP contribution in [0.2, 0.25) is 0 Å². The molecule has 0 saturated heterocycles. The average molecular weight is 177 g/mol. The summed E-state index contributed by atoms with van der Waals surface area (Å²) in [6.45, 7) is 1.80. The SMILES string of the molecule is Cc1ncnc2c(C(=O)O)c[nH]c12. The first kappa shape index (κ1) is 7.72. The number of carboxylic acids is 1. The fraction of sp³-hybridized carbons (Fsp3) is 0.125. The second kappa shape index (κ2) is 2.55. The quantitative estimate of drug-likeness (QED) is 0.680. The van der Waals surface area contributed by atoms with E-state index in [-0.39, 0.29) is 5.56 Å². The molecule has 0 saturated carbocycles. The molecule has 0 aliphatic heterocycles. The third-order valence-electron chi connectivity index (χ3n) is 1.88. The van der Waals surface area contributed by atoms with Gasteiger partial charge in [0.2, 0.25) is 0 Å². The van der Waals surface area contributed by atoms with E-state index in [0.717, 1.165) is 5.69 Å². The lowest BCUT2D eigenvalue weighted by Crippen LogP contribution is -1.95. The molecule has 0 atom stereocenters. The van der Waals surface area contributed by atoms with Crippen molar-refractivity contribution in [1.29, 1.82) is 0 Å². The molecule has 2 heterocycles. The van der Waals surface area contributed by atoms with Crippen LogP contribution in [0.25, 0.3) is 11.0 Å². The molecule has 0 aromatic carbocycles. The number of hydrogen-bond donors (Lipinski definition) is 2. The fourth-order valence-corrected chi connectivity index (χ4v) is 1.23. The third kappa shape index (κ3) is 1.05. The van der Waals surface area contributed by atoms with Crippen LogP contribution >= 0.6 is 0 Å². The van der Waals surface area contributed by atoms with Crippen molar-refractivity contribution >= 4 is 17.0 Å². The Kier molecular flexibility index (Phi) is 1.51. The molecule has 0 bridgehead atoms. The number of nitrogens with one attached hydrogen (secondary N) is 1. The van der Waals surface area contributed by atoms with Crippen LogP contribution in [0.5, 0.6) is 0 Å². The largest absolute Gasteiger partial charge is 0.478 e. The van der Waals surface area contributed by atoms with Crippen molar-refractivity contribution in [2.45, 2.75) is 6.92 Å². The molecule has 0 aliphatic rings. The first-order chi connectivity index (χ1) is 6.20. The highest BCUT2D eigenvalue weighted by molar-refractivity contribution is 6.01. The summed E-state index contributed by atoms with van der Waals surface area (Å²) < 4.78 is 0. The van der Waals surface area contributed by atoms with Gasteiger partial charge in [0.1, 0.15) is 17.4 Å². The van der Waals surface area contributed by atoms with E-state index in [1.54, 1.807) is 6.92 Å². The minimum Gasteiger partial charge on any atom is -0.478 e. The first-order valence-corrected chi connectivity index (χ1v) is 3.72. The van der Waals surface area contributed by atoms with Gasteiger partial charge in [-0.15, -0.1) is 0 Å². The number of carbonyl (C=O) groups is 1. The Labute approximate surface area is 73.4 Å². The lowest BCUT2D eigenvalue weighted by molar-refractivity contribution is 0.0699. The monoisotopic (exact) mass is 177 g/mol. The highest BCUT2D eigenvalue weighted by atomic mass is 16.4. The van der Waals surface area contributed by atoms with Crippen molar-refractivity contribution in [1.82, 2.24) is 15.0 Å². The predicted molar refractivity (Wildman–Crippen MR) is 45.6 cm³/mol. The Bertz CT molecular complexity index is 475. The van der Waals surface area contributed by atoms with Gasteiger partial charge in [0, 0.05) is 6.20 Å². The summed E-state index contributed by atoms with van der Waals surface area (Å²) in [5, 5.41) is 8.78. The summed E-state index contributed by atoms with van der Waals surface area (Å²) in [5.74, 6) is -0.982. The number of aromatic amines is 1. The molecule has 0 unspecified atom stereocenters. The predicted octanol–water partition coefficient (Wildman–Crippen LogP) is 0.965. The summed E-state index contributed by atoms with van der Waals surface area (Å²) in [6.07, 6.45) is 2.78. The number of aryl methyl sites for hydroxylation is 1. The smallest absolute Gasteiger partial charge is 0.339 e. The van der Waals surface area contributed by atoms with Crippen molar-refractivity contribution in [2.24, 2.45) is 0 Å². The maximum atomic E-state index is 10.7. The number of aromatic carboxylic acids is 1. The van der Waals surface area contributed by atoms with Gasteiger partial charge in [0.25, 0.3) is 0 Å². The minimum atomic E-state index is -0.982. The van der Waals surface area contributed by atoms with E-state index >= 15 is 0 Å². The number of H-pyrrole nitrogens is 1. The van der Waals surface area contributed by atoms with E-state index < -0.39 is 5.97 Å². The van der Waals surface area contributed by atoms with Gasteiger partial charge < -0.3 is 10.1 Å². The van der Waals surface area contributed by atoms with Gasteiger partial charge in [0.15, 0.2) is 0 Å². The summed E-state index contributed by atoms with van der Waals surface area (Å²) >= 11 is 0. The van der Waals surface area contributed by atoms with E-state index in [2.05, 4.69) is 15.0 Å². The topological polar surface area (TPSA) is 78.9 Å². The molecular weight excluding hydrogens is 170 g/mol. The van der Waals surface area contributed by atoms with Crippen LogP contribution in [-0.4, -0.2) is 26.0 Å². The number of hydrogen-bond acceptors (Lipinski definition) is 3. The number of aromatic nitrogens is 3. The summed E-state index contributed by atoms with van der Waals surface area (Å²) in [5.41, 5.74) is 2.07. The molecule has 5 heteroatoms. The Morgan fingerprint density at radius 3 is 3.00 bits per heavy atom. The lowest BCUT2D eigenvalue weighted by Gasteiger charge is -1.93. The molecule has 66 valence electrons. The van der Waals surface area contributed by atoms with Gasteiger partial charge in [-0.05, 0) is 6.92 Å². The molecule has 13 heavy (non-hydrogen) atoms. The van der Waals surface area contributed by atoms with E-state index in [1.807, 2.05) is 0 Å². The molecule has 0 spiro atoms. The van der Waals surface area contributed by atoms with Crippen molar-refractivity contribution in [3.8, 4) is 0 Å². The maximum absolute atomic E-state index is 10.7. The van der Waals surface area contributed by atoms with Crippen LogP contribution in [-0.2, 0) is 0 Å². The van der Waals surface area contributed by atoms with Gasteiger partial charge in [-0.25, -0.2) is 14.8 Å². The van der Waals surface area contributed by atoms with Crippen LogP contribution in [0, 0.1) is 6.92 Å². The first-order valence-electron chi connectivity index (χ1n) is 3.72. The molecule has 2 aromatic heterocycles. The molecule has 2 rings (SSSR count). The molecule has 0 fully saturated rings. The standard InChI is InChI=1S/C8H7N3O2/c1-4-6-7(11-3-10-4)5(2-9-6)8(12)13/h2-3,9H,1H3,(H,12,13). The van der Waals surface area contributed by atoms with E-state index in [1.165, 1.54) is 12.5 Å². The van der Waals surface area contributed by atoms with Crippen LogP contribution in [0.15, 0.2) is 12.5 Å². The zero-order valence-electron chi connectivity index (χ0n) is 6.90. The van der Waals surface area contributed by atoms with Gasteiger partial charge in [-0.1, -0.05) is 0 Å². The Hall–Kier alpha value is -1.91. The Balaban J connectivity index is 2.83. The van der Waals surface area contributed by atoms with Crippen LogP contribution in [0.1, 0.15) is 16.1 Å². The maximum Gasteiger partial charge on any atom is 0.339 e. The second-order valence-electron chi connectivity index (χ2n) is 2.69. The molecular formula is C8H7N3O2. The molecule has 0 aliphatic carbocycles. The number of nitrogens with zero attached hydrogens (tertiary/aromatic N) is 2. The summed E-state index contributed by atoms with van der Waals surface area (Å²) in [7, 11) is 0. The third-order valence-corrected chi connectivity index (χ3v) is 1.88. The van der Waals surface area contributed by atoms with E-state index in [4.69, 9.17) is 5.11 Å². The molecule has 2 aromatic rings. The van der Waals surface area contributed by atoms with Crippen LogP contribution in [0.3, 0.4) is 0 Å². The summed E-state index contributed by atoms with van der Waals surface area (Å²) in [6, 6.07) is 0. The fourth-order valence-electron chi connectivity index (χ4n) is 1.23. The normalized spacial score (nSPS) is 10.5. The molecule has 5 nitrogen and oxygen atoms in total. The molecule has 2 N–H and O–H groups in total. The zero-order chi connectivity index (χ0) is 9.42. The second-order valence-corrected chi connectivity index (χ2v) is 2.69. The van der Waals surface area contributed by atoms with Crippen molar-refractivity contribution < 1.29 is 9.90 Å². The lowest BCUT2D eigenvalue weighted by atomic mass is 10.2. The number of fused-ring (bicyclic) bond motifs is 1. The average Bonchev–Trinajstić information content (AvgIpc) is 2.48. The number of rotatable bonds is 1. The van der Waals surface area contributed by atoms with Gasteiger partial charge in [0.05, 0.1) is 11.2 Å². The van der Waals surface area contributed by atoms with Crippen LogP contribution < -0.4 is 0 Å². The summed E-state index contributed by atoms with van der Waals surface area (Å²) in [4.78, 5) is 21.4. The highest BCUT2D eigenvalue weighted by Crippen LogP contribution is 2.16. The highest BCUT2D eigenvalue weighted by Gasteiger charge is 2.12. The molecule has 0 radical (unpaired) electrons. The van der Waals surface area contributed by atoms with Crippen molar-refractivity contribution in [2.75, 3.05) is 0 Å². The number of carboxylic acid groups (broad SMARTS) is 1. The Morgan fingerprint density at radius 2 is 2.31 bits per heavy atom. The van der Waals surface area contributed by atoms with Gasteiger partial charge in [-0.2, -0.15) is 0 Å². The van der Waals surface area contributed by atoms with Gasteiger partial charge >= 0.3 is 5.97 Å². The Morgan fingerprint density at radius 1 is 1.54 bits per heavy atom. The van der Waals surface area contributed by atoms with E-state index in [9.17, 15) is 4.79 Å². The van der Waals surface area contributed by atoms with Crippen LogP contribution in [0.4, 0.5) is 0 Å². The minimum absolute atomic E-state index is 0.181.